The molecule has 18 heavy (non-hydrogen) atoms. The Hall–Kier alpha value is -1.59. The average molecular weight is 327 g/mol. The van der Waals surface area contributed by atoms with Crippen LogP contribution in [0.4, 0.5) is 16.3 Å². The number of pyridine rings is 1. The molecule has 4 nitrogen and oxygen atoms in total. The van der Waals surface area contributed by atoms with Gasteiger partial charge < -0.3 is 5.32 Å². The number of amides is 2. The first-order valence-electron chi connectivity index (χ1n) is 5.09. The summed E-state index contributed by atoms with van der Waals surface area (Å²) in [7, 11) is 0. The molecule has 0 unspecified atom stereocenters. The number of rotatable bonds is 2. The molecule has 2 N–H and O–H groups in total. The van der Waals surface area contributed by atoms with Crippen LogP contribution in [0.3, 0.4) is 0 Å². The Bertz CT molecular complexity index is 560. The predicted octanol–water partition coefficient (Wildman–Crippen LogP) is 4.14. The quantitative estimate of drug-likeness (QED) is 0.871. The average Bonchev–Trinajstić information content (AvgIpc) is 2.35. The highest BCUT2D eigenvalue weighted by atomic mass is 79.9. The van der Waals surface area contributed by atoms with Crippen molar-refractivity contribution in [2.75, 3.05) is 10.6 Å². The number of nitrogens with one attached hydrogen (secondary N) is 2. The highest BCUT2D eigenvalue weighted by molar-refractivity contribution is 9.10. The fourth-order valence-electron chi connectivity index (χ4n) is 1.28. The fourth-order valence-corrected chi connectivity index (χ4v) is 1.78. The number of urea groups is 1. The Balaban J connectivity index is 2.01. The summed E-state index contributed by atoms with van der Waals surface area (Å²) in [5.41, 5.74) is 0.684. The lowest BCUT2D eigenvalue weighted by molar-refractivity contribution is 0.262. The first-order valence-corrected chi connectivity index (χ1v) is 6.26. The molecule has 0 aliphatic rings. The van der Waals surface area contributed by atoms with E-state index in [1.807, 2.05) is 18.2 Å². The molecule has 0 radical (unpaired) electrons. The van der Waals surface area contributed by atoms with E-state index in [1.165, 1.54) is 6.20 Å². The van der Waals surface area contributed by atoms with Crippen LogP contribution in [0.25, 0.3) is 0 Å². The van der Waals surface area contributed by atoms with Crippen molar-refractivity contribution < 1.29 is 4.79 Å². The third kappa shape index (κ3) is 3.45. The molecule has 0 fully saturated rings. The lowest BCUT2D eigenvalue weighted by Crippen LogP contribution is -2.20. The fraction of sp³-hybridized carbons (Fsp3) is 0. The van der Waals surface area contributed by atoms with Gasteiger partial charge in [0.2, 0.25) is 0 Å². The molecular formula is C12H9BrClN3O. The number of hydrogen-bond acceptors (Lipinski definition) is 2. The zero-order valence-corrected chi connectivity index (χ0v) is 11.5. The van der Waals surface area contributed by atoms with Gasteiger partial charge in [-0.05, 0) is 40.2 Å². The maximum Gasteiger partial charge on any atom is 0.324 e. The summed E-state index contributed by atoms with van der Waals surface area (Å²) in [6, 6.07) is 10.3. The molecule has 1 heterocycles. The summed E-state index contributed by atoms with van der Waals surface area (Å²) in [4.78, 5) is 15.7. The van der Waals surface area contributed by atoms with Gasteiger partial charge in [-0.2, -0.15) is 0 Å². The number of carbonyl (C=O) groups excluding carboxylic acids is 1. The molecule has 0 aliphatic carbocycles. The number of para-hydroxylation sites is 1. The summed E-state index contributed by atoms with van der Waals surface area (Å²) >= 11 is 9.05. The molecule has 0 bridgehead atoms. The van der Waals surface area contributed by atoms with Gasteiger partial charge in [0.15, 0.2) is 0 Å². The van der Waals surface area contributed by atoms with Crippen LogP contribution in [0.15, 0.2) is 47.1 Å². The molecular weight excluding hydrogens is 318 g/mol. The smallest absolute Gasteiger partial charge is 0.307 e. The number of carbonyl (C=O) groups is 1. The summed E-state index contributed by atoms with van der Waals surface area (Å²) in [6.07, 6.45) is 1.47. The molecule has 1 aromatic carbocycles. The van der Waals surface area contributed by atoms with Gasteiger partial charge in [-0.3, -0.25) is 5.32 Å². The Morgan fingerprint density at radius 3 is 2.61 bits per heavy atom. The zero-order valence-electron chi connectivity index (χ0n) is 9.15. The van der Waals surface area contributed by atoms with Crippen molar-refractivity contribution in [2.24, 2.45) is 0 Å². The highest BCUT2D eigenvalue weighted by Crippen LogP contribution is 2.21. The van der Waals surface area contributed by atoms with Crippen molar-refractivity contribution in [3.8, 4) is 0 Å². The van der Waals surface area contributed by atoms with E-state index >= 15 is 0 Å². The van der Waals surface area contributed by atoms with Crippen molar-refractivity contribution in [1.82, 2.24) is 4.98 Å². The van der Waals surface area contributed by atoms with Crippen LogP contribution in [-0.4, -0.2) is 11.0 Å². The highest BCUT2D eigenvalue weighted by Gasteiger charge is 2.05. The van der Waals surface area contributed by atoms with Crippen molar-refractivity contribution in [3.05, 3.63) is 52.1 Å². The minimum atomic E-state index is -0.364. The van der Waals surface area contributed by atoms with E-state index in [0.29, 0.717) is 16.5 Å². The Kier molecular flexibility index (Phi) is 4.17. The van der Waals surface area contributed by atoms with Gasteiger partial charge in [-0.25, -0.2) is 9.78 Å². The Morgan fingerprint density at radius 2 is 1.94 bits per heavy atom. The minimum absolute atomic E-state index is 0.364. The molecule has 2 amide bonds. The number of nitrogens with zero attached hydrogens (tertiary/aromatic N) is 1. The summed E-state index contributed by atoms with van der Waals surface area (Å²) < 4.78 is 0.809. The predicted molar refractivity (Wildman–Crippen MR) is 76.0 cm³/mol. The third-order valence-corrected chi connectivity index (χ3v) is 3.01. The van der Waals surface area contributed by atoms with Crippen molar-refractivity contribution in [2.45, 2.75) is 0 Å². The van der Waals surface area contributed by atoms with Crippen LogP contribution < -0.4 is 10.6 Å². The van der Waals surface area contributed by atoms with Crippen LogP contribution in [0.2, 0.25) is 5.02 Å². The topological polar surface area (TPSA) is 54.0 Å². The number of halogens is 2. The molecule has 1 aromatic heterocycles. The summed E-state index contributed by atoms with van der Waals surface area (Å²) in [5.74, 6) is 0.434. The van der Waals surface area contributed by atoms with E-state index in [0.717, 1.165) is 4.47 Å². The van der Waals surface area contributed by atoms with Crippen molar-refractivity contribution in [1.29, 1.82) is 0 Å². The maximum absolute atomic E-state index is 11.7. The van der Waals surface area contributed by atoms with Crippen LogP contribution in [0, 0.1) is 0 Å². The summed E-state index contributed by atoms with van der Waals surface area (Å²) in [5, 5.41) is 5.83. The van der Waals surface area contributed by atoms with E-state index in [4.69, 9.17) is 11.6 Å². The molecule has 0 aliphatic heterocycles. The van der Waals surface area contributed by atoms with Crippen molar-refractivity contribution in [3.63, 3.8) is 0 Å². The van der Waals surface area contributed by atoms with Crippen LogP contribution in [-0.2, 0) is 0 Å². The van der Waals surface area contributed by atoms with Crippen LogP contribution in [0.5, 0.6) is 0 Å². The standard InChI is InChI=1S/C12H9BrClN3O/c13-9-3-1-2-4-10(9)16-12(18)17-11-6-5-8(14)7-15-11/h1-7H,(H2,15,16,17,18). The summed E-state index contributed by atoms with van der Waals surface area (Å²) in [6.45, 7) is 0. The van der Waals surface area contributed by atoms with Gasteiger partial charge in [0.05, 0.1) is 10.7 Å². The van der Waals surface area contributed by atoms with Gasteiger partial charge in [-0.15, -0.1) is 0 Å². The second-order valence-electron chi connectivity index (χ2n) is 3.42. The van der Waals surface area contributed by atoms with E-state index < -0.39 is 0 Å². The second-order valence-corrected chi connectivity index (χ2v) is 4.71. The first kappa shape index (κ1) is 12.9. The third-order valence-electron chi connectivity index (χ3n) is 2.09. The molecule has 92 valence electrons. The maximum atomic E-state index is 11.7. The molecule has 0 spiro atoms. The van der Waals surface area contributed by atoms with Gasteiger partial charge in [-0.1, -0.05) is 23.7 Å². The minimum Gasteiger partial charge on any atom is -0.307 e. The van der Waals surface area contributed by atoms with E-state index in [9.17, 15) is 4.79 Å². The number of aromatic nitrogens is 1. The molecule has 6 heteroatoms. The van der Waals surface area contributed by atoms with Gasteiger partial charge >= 0.3 is 6.03 Å². The number of hydrogen-bond donors (Lipinski definition) is 2. The molecule has 2 rings (SSSR count). The molecule has 0 saturated heterocycles. The van der Waals surface area contributed by atoms with E-state index in [1.54, 1.807) is 18.2 Å². The number of anilines is 2. The van der Waals surface area contributed by atoms with Gasteiger partial charge in [0, 0.05) is 10.7 Å². The monoisotopic (exact) mass is 325 g/mol. The number of benzene rings is 1. The normalized spacial score (nSPS) is 9.89. The molecule has 2 aromatic rings. The van der Waals surface area contributed by atoms with Crippen LogP contribution >= 0.6 is 27.5 Å². The second kappa shape index (κ2) is 5.84. The van der Waals surface area contributed by atoms with E-state index in [-0.39, 0.29) is 6.03 Å². The van der Waals surface area contributed by atoms with Crippen molar-refractivity contribution >= 4 is 45.1 Å². The zero-order chi connectivity index (χ0) is 13.0. The van der Waals surface area contributed by atoms with E-state index in [2.05, 4.69) is 31.5 Å². The van der Waals surface area contributed by atoms with Gasteiger partial charge in [0.25, 0.3) is 0 Å². The van der Waals surface area contributed by atoms with Gasteiger partial charge in [0.1, 0.15) is 5.82 Å². The largest absolute Gasteiger partial charge is 0.324 e. The Labute approximate surface area is 118 Å². The lowest BCUT2D eigenvalue weighted by Gasteiger charge is -2.08. The lowest BCUT2D eigenvalue weighted by atomic mass is 10.3. The molecule has 0 saturated carbocycles. The van der Waals surface area contributed by atoms with Crippen LogP contribution in [0.1, 0.15) is 0 Å². The Morgan fingerprint density at radius 1 is 1.17 bits per heavy atom. The SMILES string of the molecule is O=C(Nc1ccc(Cl)cn1)Nc1ccccc1Br. The molecule has 0 atom stereocenters. The first-order chi connectivity index (χ1) is 8.65.